The van der Waals surface area contributed by atoms with Gasteiger partial charge in [0.05, 0.1) is 37.4 Å². The Morgan fingerprint density at radius 2 is 2.00 bits per heavy atom. The van der Waals surface area contributed by atoms with Crippen LogP contribution in [0, 0.1) is 11.8 Å². The first-order valence-electron chi connectivity index (χ1n) is 8.08. The van der Waals surface area contributed by atoms with E-state index in [9.17, 15) is 0 Å². The summed E-state index contributed by atoms with van der Waals surface area (Å²) in [5.74, 6) is 1.70. The van der Waals surface area contributed by atoms with Gasteiger partial charge in [-0.25, -0.2) is 0 Å². The summed E-state index contributed by atoms with van der Waals surface area (Å²) in [6, 6.07) is 8.06. The third-order valence-electron chi connectivity index (χ3n) is 4.79. The predicted octanol–water partition coefficient (Wildman–Crippen LogP) is 4.20. The summed E-state index contributed by atoms with van der Waals surface area (Å²) in [4.78, 5) is -0.289. The molecule has 2 fully saturated rings. The van der Waals surface area contributed by atoms with Crippen molar-refractivity contribution in [3.63, 3.8) is 0 Å². The van der Waals surface area contributed by atoms with E-state index in [1.165, 1.54) is 0 Å². The first-order valence-corrected chi connectivity index (χ1v) is 8.45. The predicted molar refractivity (Wildman–Crippen MR) is 87.6 cm³/mol. The number of hydrogen-bond donors (Lipinski definition) is 0. The molecule has 2 saturated heterocycles. The van der Waals surface area contributed by atoms with Gasteiger partial charge in [-0.2, -0.15) is 0 Å². The van der Waals surface area contributed by atoms with Crippen LogP contribution in [-0.2, 0) is 9.47 Å². The zero-order valence-electron chi connectivity index (χ0n) is 13.5. The quantitative estimate of drug-likeness (QED) is 0.777. The number of benzene rings is 1. The van der Waals surface area contributed by atoms with Gasteiger partial charge in [0.25, 0.3) is 0 Å². The van der Waals surface area contributed by atoms with Crippen LogP contribution in [0.2, 0.25) is 0 Å². The molecule has 3 nitrogen and oxygen atoms in total. The van der Waals surface area contributed by atoms with Crippen molar-refractivity contribution in [1.82, 2.24) is 0 Å². The zero-order chi connectivity index (χ0) is 15.7. The number of hydrogen-bond acceptors (Lipinski definition) is 3. The van der Waals surface area contributed by atoms with Crippen LogP contribution in [0.1, 0.15) is 38.4 Å². The highest BCUT2D eigenvalue weighted by molar-refractivity contribution is 6.24. The van der Waals surface area contributed by atoms with Gasteiger partial charge in [-0.1, -0.05) is 26.0 Å². The van der Waals surface area contributed by atoms with E-state index in [2.05, 4.69) is 26.0 Å². The molecule has 0 unspecified atom stereocenters. The van der Waals surface area contributed by atoms with Crippen LogP contribution in [0.3, 0.4) is 0 Å². The summed E-state index contributed by atoms with van der Waals surface area (Å²) in [5.41, 5.74) is 1.15. The van der Waals surface area contributed by atoms with Gasteiger partial charge in [0.15, 0.2) is 0 Å². The minimum absolute atomic E-state index is 0.0170. The van der Waals surface area contributed by atoms with E-state index in [0.29, 0.717) is 19.1 Å². The second kappa shape index (κ2) is 6.38. The first kappa shape index (κ1) is 16.1. The maximum absolute atomic E-state index is 6.92. The van der Waals surface area contributed by atoms with E-state index in [0.717, 1.165) is 24.2 Å². The number of fused-ring (bicyclic) bond motifs is 1. The number of methoxy groups -OCH3 is 1. The number of ether oxygens (including phenoxy) is 3. The molecule has 0 saturated carbocycles. The minimum Gasteiger partial charge on any atom is -0.497 e. The fraction of sp³-hybridized carbons (Fsp3) is 0.667. The standard InChI is InChI=1S/C18H25ClO3/c1-12(2)8-15-9-18(19)11-22-17(16(18)10-21-15)13-4-6-14(20-3)7-5-13/h4-7,12,15-17H,8-11H2,1-3H3/t15-,16-,17+,18-/m0/s1. The van der Waals surface area contributed by atoms with Crippen molar-refractivity contribution in [3.8, 4) is 5.75 Å². The molecule has 0 bridgehead atoms. The highest BCUT2D eigenvalue weighted by Gasteiger charge is 2.52. The summed E-state index contributed by atoms with van der Waals surface area (Å²) < 4.78 is 17.4. The van der Waals surface area contributed by atoms with Crippen LogP contribution >= 0.6 is 11.6 Å². The lowest BCUT2D eigenvalue weighted by Gasteiger charge is -2.39. The van der Waals surface area contributed by atoms with Crippen LogP contribution in [0.25, 0.3) is 0 Å². The topological polar surface area (TPSA) is 27.7 Å². The lowest BCUT2D eigenvalue weighted by Crippen LogP contribution is -2.44. The fourth-order valence-corrected chi connectivity index (χ4v) is 4.06. The van der Waals surface area contributed by atoms with Gasteiger partial charge in [0.1, 0.15) is 5.75 Å². The number of halogens is 1. The monoisotopic (exact) mass is 324 g/mol. The molecule has 1 aromatic carbocycles. The average molecular weight is 325 g/mol. The largest absolute Gasteiger partial charge is 0.497 e. The van der Waals surface area contributed by atoms with Crippen LogP contribution < -0.4 is 4.74 Å². The molecular weight excluding hydrogens is 300 g/mol. The number of rotatable bonds is 4. The van der Waals surface area contributed by atoms with Crippen molar-refractivity contribution in [1.29, 1.82) is 0 Å². The molecule has 0 aliphatic carbocycles. The lowest BCUT2D eigenvalue weighted by atomic mass is 9.80. The van der Waals surface area contributed by atoms with E-state index in [-0.39, 0.29) is 23.0 Å². The Bertz CT molecular complexity index is 502. The maximum Gasteiger partial charge on any atom is 0.118 e. The van der Waals surface area contributed by atoms with Crippen molar-refractivity contribution < 1.29 is 14.2 Å². The van der Waals surface area contributed by atoms with Crippen LogP contribution in [0.5, 0.6) is 5.75 Å². The molecule has 0 N–H and O–H groups in total. The van der Waals surface area contributed by atoms with Crippen molar-refractivity contribution in [2.45, 2.75) is 43.8 Å². The molecular formula is C18H25ClO3. The molecule has 0 aromatic heterocycles. The first-order chi connectivity index (χ1) is 10.5. The Labute approximate surface area is 137 Å². The molecule has 122 valence electrons. The molecule has 3 rings (SSSR count). The third kappa shape index (κ3) is 3.12. The zero-order valence-corrected chi connectivity index (χ0v) is 14.3. The van der Waals surface area contributed by atoms with Crippen LogP contribution in [0.4, 0.5) is 0 Å². The summed E-state index contributed by atoms with van der Waals surface area (Å²) in [7, 11) is 1.68. The second-order valence-corrected chi connectivity index (χ2v) is 7.69. The highest BCUT2D eigenvalue weighted by Crippen LogP contribution is 2.50. The van der Waals surface area contributed by atoms with Crippen molar-refractivity contribution in [3.05, 3.63) is 29.8 Å². The fourth-order valence-electron chi connectivity index (χ4n) is 3.65. The molecule has 4 heteroatoms. The minimum atomic E-state index is -0.289. The molecule has 1 aromatic rings. The molecule has 22 heavy (non-hydrogen) atoms. The van der Waals surface area contributed by atoms with E-state index >= 15 is 0 Å². The van der Waals surface area contributed by atoms with E-state index in [1.54, 1.807) is 7.11 Å². The van der Waals surface area contributed by atoms with E-state index in [4.69, 9.17) is 25.8 Å². The average Bonchev–Trinajstić information content (AvgIpc) is 2.83. The lowest BCUT2D eigenvalue weighted by molar-refractivity contribution is -0.0444. The molecule has 2 aliphatic heterocycles. The molecule has 2 aliphatic rings. The second-order valence-electron chi connectivity index (χ2n) is 6.93. The van der Waals surface area contributed by atoms with Crippen LogP contribution in [0.15, 0.2) is 24.3 Å². The third-order valence-corrected chi connectivity index (χ3v) is 5.33. The summed E-state index contributed by atoms with van der Waals surface area (Å²) in [6.07, 6.45) is 2.22. The molecule has 0 spiro atoms. The smallest absolute Gasteiger partial charge is 0.118 e. The molecule has 2 heterocycles. The van der Waals surface area contributed by atoms with Gasteiger partial charge < -0.3 is 14.2 Å². The van der Waals surface area contributed by atoms with Gasteiger partial charge in [-0.05, 0) is 36.5 Å². The van der Waals surface area contributed by atoms with E-state index < -0.39 is 0 Å². The maximum atomic E-state index is 6.92. The van der Waals surface area contributed by atoms with Crippen molar-refractivity contribution in [2.24, 2.45) is 11.8 Å². The Kier molecular flexibility index (Phi) is 4.67. The summed E-state index contributed by atoms with van der Waals surface area (Å²) >= 11 is 6.92. The van der Waals surface area contributed by atoms with Gasteiger partial charge in [0.2, 0.25) is 0 Å². The van der Waals surface area contributed by atoms with Crippen molar-refractivity contribution >= 4 is 11.6 Å². The number of alkyl halides is 1. The van der Waals surface area contributed by atoms with Crippen molar-refractivity contribution in [2.75, 3.05) is 20.3 Å². The molecule has 4 atom stereocenters. The van der Waals surface area contributed by atoms with E-state index in [1.807, 2.05) is 12.1 Å². The Morgan fingerprint density at radius 3 is 2.64 bits per heavy atom. The van der Waals surface area contributed by atoms with Gasteiger partial charge in [0, 0.05) is 5.92 Å². The van der Waals surface area contributed by atoms with Gasteiger partial charge in [-0.15, -0.1) is 11.6 Å². The normalized spacial score (nSPS) is 34.7. The Morgan fingerprint density at radius 1 is 1.27 bits per heavy atom. The summed E-state index contributed by atoms with van der Waals surface area (Å²) in [6.45, 7) is 5.73. The molecule has 0 amide bonds. The van der Waals surface area contributed by atoms with Gasteiger partial charge in [-0.3, -0.25) is 0 Å². The molecule has 0 radical (unpaired) electrons. The Hall–Kier alpha value is -0.770. The van der Waals surface area contributed by atoms with Crippen LogP contribution in [-0.4, -0.2) is 31.3 Å². The highest BCUT2D eigenvalue weighted by atomic mass is 35.5. The Balaban J connectivity index is 1.72. The summed E-state index contributed by atoms with van der Waals surface area (Å²) in [5, 5.41) is 0. The van der Waals surface area contributed by atoms with Gasteiger partial charge >= 0.3 is 0 Å². The SMILES string of the molecule is COc1ccc([C@H]2OC[C@@]3(Cl)C[C@H](CC(C)C)OC[C@@H]23)cc1.